The highest BCUT2D eigenvalue weighted by molar-refractivity contribution is 7.89. The monoisotopic (exact) mass is 330 g/mol. The molecule has 0 amide bonds. The van der Waals surface area contributed by atoms with Crippen molar-refractivity contribution < 1.29 is 17.4 Å². The number of sulfonamides is 1. The van der Waals surface area contributed by atoms with Gasteiger partial charge in [0.05, 0.1) is 13.7 Å². The second kappa shape index (κ2) is 8.14. The normalized spacial score (nSPS) is 12.3. The van der Waals surface area contributed by atoms with Crippen molar-refractivity contribution in [2.24, 2.45) is 5.73 Å². The van der Waals surface area contributed by atoms with Crippen LogP contribution in [0, 0.1) is 11.8 Å². The van der Waals surface area contributed by atoms with Crippen molar-refractivity contribution in [1.29, 1.82) is 0 Å². The van der Waals surface area contributed by atoms with Gasteiger partial charge in [0, 0.05) is 34.9 Å². The lowest BCUT2D eigenvalue weighted by Crippen LogP contribution is -2.28. The van der Waals surface area contributed by atoms with Gasteiger partial charge in [-0.15, -0.1) is 0 Å². The van der Waals surface area contributed by atoms with Gasteiger partial charge in [0.15, 0.2) is 0 Å². The van der Waals surface area contributed by atoms with Crippen LogP contribution in [0.15, 0.2) is 23.1 Å². The van der Waals surface area contributed by atoms with Crippen LogP contribution in [0.1, 0.15) is 5.56 Å². The lowest BCUT2D eigenvalue weighted by molar-refractivity contribution is 0.402. The fraction of sp³-hybridized carbons (Fsp3) is 0.385. The van der Waals surface area contributed by atoms with E-state index in [1.54, 1.807) is 6.07 Å². The molecule has 8 heteroatoms. The van der Waals surface area contributed by atoms with Crippen molar-refractivity contribution in [3.63, 3.8) is 0 Å². The Morgan fingerprint density at radius 1 is 1.43 bits per heavy atom. The van der Waals surface area contributed by atoms with Gasteiger partial charge in [-0.05, 0) is 18.2 Å². The fourth-order valence-corrected chi connectivity index (χ4v) is 3.26. The molecule has 0 aliphatic heterocycles. The van der Waals surface area contributed by atoms with Gasteiger partial charge in [0.2, 0.25) is 10.0 Å². The Morgan fingerprint density at radius 3 is 2.71 bits per heavy atom. The van der Waals surface area contributed by atoms with E-state index in [0.29, 0.717) is 5.56 Å². The summed E-state index contributed by atoms with van der Waals surface area (Å²) in [5.41, 5.74) is 5.82. The van der Waals surface area contributed by atoms with Crippen molar-refractivity contribution in [1.82, 2.24) is 4.72 Å². The molecule has 1 unspecified atom stereocenters. The largest absolute Gasteiger partial charge is 0.495 e. The Kier molecular flexibility index (Phi) is 6.84. The van der Waals surface area contributed by atoms with E-state index in [9.17, 15) is 12.6 Å². The molecule has 1 atom stereocenters. The third kappa shape index (κ3) is 5.47. The highest BCUT2D eigenvalue weighted by Gasteiger charge is 2.19. The molecule has 116 valence electrons. The minimum Gasteiger partial charge on any atom is -0.495 e. The number of rotatable bonds is 6. The molecule has 0 spiro atoms. The molecule has 21 heavy (non-hydrogen) atoms. The lowest BCUT2D eigenvalue weighted by atomic mass is 10.2. The molecule has 6 nitrogen and oxygen atoms in total. The highest BCUT2D eigenvalue weighted by atomic mass is 32.2. The van der Waals surface area contributed by atoms with Gasteiger partial charge in [-0.1, -0.05) is 11.8 Å². The molecule has 3 N–H and O–H groups in total. The van der Waals surface area contributed by atoms with Crippen molar-refractivity contribution in [2.75, 3.05) is 32.2 Å². The summed E-state index contributed by atoms with van der Waals surface area (Å²) in [6.07, 6.45) is 1.51. The van der Waals surface area contributed by atoms with E-state index < -0.39 is 20.8 Å². The van der Waals surface area contributed by atoms with E-state index in [1.165, 1.54) is 25.5 Å². The molecule has 0 aliphatic carbocycles. The first kappa shape index (κ1) is 17.7. The van der Waals surface area contributed by atoms with Gasteiger partial charge in [-0.2, -0.15) is 0 Å². The Labute approximate surface area is 127 Å². The third-order valence-corrected chi connectivity index (χ3v) is 4.73. The second-order valence-electron chi connectivity index (χ2n) is 4.05. The number of ether oxygens (including phenoxy) is 1. The zero-order valence-corrected chi connectivity index (χ0v) is 13.5. The summed E-state index contributed by atoms with van der Waals surface area (Å²) < 4.78 is 43.0. The van der Waals surface area contributed by atoms with Crippen LogP contribution in [0.25, 0.3) is 0 Å². The summed E-state index contributed by atoms with van der Waals surface area (Å²) in [6.45, 7) is 0.280. The van der Waals surface area contributed by atoms with Gasteiger partial charge in [-0.3, -0.25) is 4.21 Å². The second-order valence-corrected chi connectivity index (χ2v) is 7.34. The first-order valence-corrected chi connectivity index (χ1v) is 9.28. The Balaban J connectivity index is 3.10. The van der Waals surface area contributed by atoms with Crippen LogP contribution < -0.4 is 15.2 Å². The molecular formula is C13H18N2O4S2. The van der Waals surface area contributed by atoms with Crippen molar-refractivity contribution in [3.05, 3.63) is 23.8 Å². The summed E-state index contributed by atoms with van der Waals surface area (Å²) in [7, 11) is -3.43. The number of nitrogens with one attached hydrogen (secondary N) is 1. The molecule has 1 aromatic rings. The Hall–Kier alpha value is -1.40. The van der Waals surface area contributed by atoms with Crippen LogP contribution in [0.3, 0.4) is 0 Å². The van der Waals surface area contributed by atoms with E-state index in [4.69, 9.17) is 10.5 Å². The summed E-state index contributed by atoms with van der Waals surface area (Å²) in [5.74, 6) is 5.90. The maximum atomic E-state index is 12.3. The molecule has 1 rings (SSSR count). The Bertz CT molecular complexity index is 675. The molecule has 0 aromatic heterocycles. The maximum Gasteiger partial charge on any atom is 0.244 e. The molecule has 0 fully saturated rings. The first-order valence-electron chi connectivity index (χ1n) is 6.07. The average molecular weight is 330 g/mol. The minimum absolute atomic E-state index is 0.00398. The van der Waals surface area contributed by atoms with Crippen molar-refractivity contribution in [2.45, 2.75) is 4.90 Å². The molecular weight excluding hydrogens is 312 g/mol. The number of benzene rings is 1. The van der Waals surface area contributed by atoms with Gasteiger partial charge in [0.1, 0.15) is 10.6 Å². The standard InChI is InChI=1S/C13H18N2O4S2/c1-19-12-6-5-11(4-3-7-14)10-13(12)21(17,18)15-8-9-20(2)16/h5-6,10,15H,7-9,14H2,1-2H3. The van der Waals surface area contributed by atoms with Crippen LogP contribution >= 0.6 is 0 Å². The number of hydrogen-bond acceptors (Lipinski definition) is 5. The summed E-state index contributed by atoms with van der Waals surface area (Å²) in [6, 6.07) is 4.61. The van der Waals surface area contributed by atoms with E-state index >= 15 is 0 Å². The van der Waals surface area contributed by atoms with Gasteiger partial charge < -0.3 is 10.5 Å². The number of hydrogen-bond donors (Lipinski definition) is 2. The van der Waals surface area contributed by atoms with Gasteiger partial charge in [-0.25, -0.2) is 13.1 Å². The highest BCUT2D eigenvalue weighted by Crippen LogP contribution is 2.24. The zero-order chi connectivity index (χ0) is 15.9. The fourth-order valence-electron chi connectivity index (χ4n) is 1.52. The van der Waals surface area contributed by atoms with Crippen LogP contribution in [0.5, 0.6) is 5.75 Å². The van der Waals surface area contributed by atoms with Crippen LogP contribution in [0.4, 0.5) is 0 Å². The summed E-state index contributed by atoms with van der Waals surface area (Å²) in [4.78, 5) is -0.00398. The number of nitrogens with two attached hydrogens (primary N) is 1. The molecule has 0 aliphatic rings. The molecule has 0 heterocycles. The van der Waals surface area contributed by atoms with Crippen LogP contribution in [-0.2, 0) is 20.8 Å². The predicted molar refractivity (Wildman–Crippen MR) is 83.0 cm³/mol. The van der Waals surface area contributed by atoms with E-state index in [-0.39, 0.29) is 29.5 Å². The molecule has 0 saturated heterocycles. The molecule has 0 saturated carbocycles. The van der Waals surface area contributed by atoms with Crippen LogP contribution in [-0.4, -0.2) is 44.8 Å². The summed E-state index contributed by atoms with van der Waals surface area (Å²) in [5, 5.41) is 0. The maximum absolute atomic E-state index is 12.3. The van der Waals surface area contributed by atoms with Crippen molar-refractivity contribution >= 4 is 20.8 Å². The third-order valence-electron chi connectivity index (χ3n) is 2.47. The topological polar surface area (TPSA) is 98.5 Å². The Morgan fingerprint density at radius 2 is 2.14 bits per heavy atom. The lowest BCUT2D eigenvalue weighted by Gasteiger charge is -2.10. The van der Waals surface area contributed by atoms with Gasteiger partial charge in [0.25, 0.3) is 0 Å². The summed E-state index contributed by atoms with van der Waals surface area (Å²) >= 11 is 0. The quantitative estimate of drug-likeness (QED) is 0.696. The zero-order valence-electron chi connectivity index (χ0n) is 11.9. The van der Waals surface area contributed by atoms with E-state index in [1.807, 2.05) is 0 Å². The van der Waals surface area contributed by atoms with E-state index in [2.05, 4.69) is 16.6 Å². The predicted octanol–water partition coefficient (Wildman–Crippen LogP) is -0.338. The average Bonchev–Trinajstić information content (AvgIpc) is 2.44. The minimum atomic E-state index is -3.75. The first-order chi connectivity index (χ1) is 9.90. The number of methoxy groups -OCH3 is 1. The SMILES string of the molecule is COc1ccc(C#CCN)cc1S(=O)(=O)NCCS(C)=O. The molecule has 0 radical (unpaired) electrons. The van der Waals surface area contributed by atoms with Crippen LogP contribution in [0.2, 0.25) is 0 Å². The van der Waals surface area contributed by atoms with Crippen molar-refractivity contribution in [3.8, 4) is 17.6 Å². The molecule has 1 aromatic carbocycles. The smallest absolute Gasteiger partial charge is 0.244 e. The van der Waals surface area contributed by atoms with E-state index in [0.717, 1.165) is 0 Å². The molecule has 0 bridgehead atoms. The van der Waals surface area contributed by atoms with Gasteiger partial charge >= 0.3 is 0 Å².